The van der Waals surface area contributed by atoms with E-state index in [0.717, 1.165) is 0 Å². The molecule has 2 unspecified atom stereocenters. The summed E-state index contributed by atoms with van der Waals surface area (Å²) in [5.74, 6) is -0.255. The zero-order valence-corrected chi connectivity index (χ0v) is 12.8. The van der Waals surface area contributed by atoms with Gasteiger partial charge >= 0.3 is 0 Å². The summed E-state index contributed by atoms with van der Waals surface area (Å²) in [7, 11) is 0. The predicted molar refractivity (Wildman–Crippen MR) is 80.7 cm³/mol. The highest BCUT2D eigenvalue weighted by Crippen LogP contribution is 2.24. The van der Waals surface area contributed by atoms with Crippen LogP contribution >= 0.6 is 15.9 Å². The summed E-state index contributed by atoms with van der Waals surface area (Å²) in [4.78, 5) is 22.1. The van der Waals surface area contributed by atoms with E-state index in [-0.39, 0.29) is 23.7 Å². The average Bonchev–Trinajstić information content (AvgIpc) is 2.87. The first-order chi connectivity index (χ1) is 9.97. The van der Waals surface area contributed by atoms with Crippen molar-refractivity contribution in [2.24, 2.45) is 5.10 Å². The van der Waals surface area contributed by atoms with E-state index in [2.05, 4.69) is 37.3 Å². The number of halogens is 1. The van der Waals surface area contributed by atoms with Crippen LogP contribution in [0.25, 0.3) is 0 Å². The molecule has 0 aromatic heterocycles. The third kappa shape index (κ3) is 4.06. The zero-order valence-electron chi connectivity index (χ0n) is 11.2. The van der Waals surface area contributed by atoms with Gasteiger partial charge in [-0.05, 0) is 35.3 Å². The molecular weight excluding hydrogens is 342 g/mol. The van der Waals surface area contributed by atoms with Gasteiger partial charge in [-0.1, -0.05) is 6.07 Å². The van der Waals surface area contributed by atoms with E-state index in [1.807, 2.05) is 6.92 Å². The van der Waals surface area contributed by atoms with Gasteiger partial charge < -0.3 is 0 Å². The molecule has 1 saturated heterocycles. The first-order valence-electron chi connectivity index (χ1n) is 6.25. The van der Waals surface area contributed by atoms with E-state index in [0.29, 0.717) is 16.5 Å². The Bertz CT molecular complexity index is 592. The van der Waals surface area contributed by atoms with E-state index in [1.54, 1.807) is 12.1 Å². The van der Waals surface area contributed by atoms with Crippen LogP contribution in [-0.2, 0) is 4.79 Å². The number of rotatable bonds is 4. The zero-order chi connectivity index (χ0) is 15.4. The van der Waals surface area contributed by atoms with Crippen molar-refractivity contribution in [3.63, 3.8) is 0 Å². The number of nitrogens with one attached hydrogen (secondary N) is 3. The Morgan fingerprint density at radius 2 is 2.33 bits per heavy atom. The Balaban J connectivity index is 1.97. The standard InChI is InChI=1S/C12H14BrN5O3/c1-7-4-10(16-15-7)12(19)17-14-6-8-2-3-9(13)11(5-8)18(20)21/h2-3,5-7,10,15-16H,4H2,1H3,(H,17,19)/b14-6+. The summed E-state index contributed by atoms with van der Waals surface area (Å²) in [5.41, 5.74) is 8.67. The van der Waals surface area contributed by atoms with Gasteiger partial charge in [0.15, 0.2) is 0 Å². The van der Waals surface area contributed by atoms with Crippen molar-refractivity contribution in [3.8, 4) is 0 Å². The van der Waals surface area contributed by atoms with Crippen LogP contribution in [-0.4, -0.2) is 29.1 Å². The highest BCUT2D eigenvalue weighted by molar-refractivity contribution is 9.10. The molecule has 0 saturated carbocycles. The molecule has 1 fully saturated rings. The molecule has 1 heterocycles. The molecule has 1 aromatic carbocycles. The summed E-state index contributed by atoms with van der Waals surface area (Å²) in [5, 5.41) is 14.6. The SMILES string of the molecule is CC1CC(C(=O)N/N=C/c2ccc(Br)c([N+](=O)[O-])c2)NN1. The van der Waals surface area contributed by atoms with Gasteiger partial charge in [-0.3, -0.25) is 20.3 Å². The van der Waals surface area contributed by atoms with E-state index < -0.39 is 4.92 Å². The molecule has 0 bridgehead atoms. The van der Waals surface area contributed by atoms with Gasteiger partial charge in [0, 0.05) is 17.7 Å². The monoisotopic (exact) mass is 355 g/mol. The number of nitro groups is 1. The van der Waals surface area contributed by atoms with Crippen molar-refractivity contribution < 1.29 is 9.72 Å². The molecular formula is C12H14BrN5O3. The molecule has 1 amide bonds. The smallest absolute Gasteiger partial charge is 0.271 e. The van der Waals surface area contributed by atoms with E-state index >= 15 is 0 Å². The molecule has 8 nitrogen and oxygen atoms in total. The first-order valence-corrected chi connectivity index (χ1v) is 7.04. The van der Waals surface area contributed by atoms with E-state index in [9.17, 15) is 14.9 Å². The Kier molecular flexibility index (Phi) is 4.99. The third-order valence-corrected chi connectivity index (χ3v) is 3.64. The largest absolute Gasteiger partial charge is 0.284 e. The van der Waals surface area contributed by atoms with Crippen LogP contribution in [0.5, 0.6) is 0 Å². The van der Waals surface area contributed by atoms with Gasteiger partial charge in [-0.2, -0.15) is 5.10 Å². The molecule has 9 heteroatoms. The maximum absolute atomic E-state index is 11.8. The summed E-state index contributed by atoms with van der Waals surface area (Å²) in [6.45, 7) is 1.96. The number of hydrazone groups is 1. The second-order valence-electron chi connectivity index (χ2n) is 4.68. The number of carbonyl (C=O) groups excluding carboxylic acids is 1. The van der Waals surface area contributed by atoms with Crippen LogP contribution in [0, 0.1) is 10.1 Å². The number of amides is 1. The molecule has 0 spiro atoms. The van der Waals surface area contributed by atoms with E-state index in [4.69, 9.17) is 0 Å². The van der Waals surface area contributed by atoms with Gasteiger partial charge in [0.2, 0.25) is 0 Å². The molecule has 0 aliphatic carbocycles. The van der Waals surface area contributed by atoms with Crippen LogP contribution in [0.15, 0.2) is 27.8 Å². The molecule has 2 rings (SSSR count). The van der Waals surface area contributed by atoms with Crippen LogP contribution in [0.4, 0.5) is 5.69 Å². The van der Waals surface area contributed by atoms with Crippen LogP contribution in [0.1, 0.15) is 18.9 Å². The van der Waals surface area contributed by atoms with Gasteiger partial charge in [0.25, 0.3) is 11.6 Å². The fraction of sp³-hybridized carbons (Fsp3) is 0.333. The summed E-state index contributed by atoms with van der Waals surface area (Å²) in [6.07, 6.45) is 2.04. The van der Waals surface area contributed by atoms with Gasteiger partial charge in [-0.25, -0.2) is 10.9 Å². The maximum Gasteiger partial charge on any atom is 0.284 e. The number of nitro benzene ring substituents is 1. The second kappa shape index (κ2) is 6.74. The second-order valence-corrected chi connectivity index (χ2v) is 5.53. The highest BCUT2D eigenvalue weighted by atomic mass is 79.9. The summed E-state index contributed by atoms with van der Waals surface area (Å²) < 4.78 is 0.393. The number of hydrogen-bond acceptors (Lipinski definition) is 6. The predicted octanol–water partition coefficient (Wildman–Crippen LogP) is 1.06. The number of carbonyl (C=O) groups is 1. The molecule has 1 aromatic rings. The number of hydrazine groups is 1. The Labute approximate surface area is 129 Å². The minimum atomic E-state index is -0.491. The van der Waals surface area contributed by atoms with Crippen molar-refractivity contribution in [1.82, 2.24) is 16.3 Å². The number of hydrogen-bond donors (Lipinski definition) is 3. The molecule has 1 aliphatic heterocycles. The van der Waals surface area contributed by atoms with Crippen molar-refractivity contribution in [1.29, 1.82) is 0 Å². The van der Waals surface area contributed by atoms with Crippen molar-refractivity contribution >= 4 is 33.7 Å². The Morgan fingerprint density at radius 1 is 1.57 bits per heavy atom. The Hall–Kier alpha value is -1.84. The van der Waals surface area contributed by atoms with Gasteiger partial charge in [-0.15, -0.1) is 0 Å². The fourth-order valence-electron chi connectivity index (χ4n) is 1.89. The van der Waals surface area contributed by atoms with Crippen LogP contribution in [0.3, 0.4) is 0 Å². The molecule has 21 heavy (non-hydrogen) atoms. The highest BCUT2D eigenvalue weighted by Gasteiger charge is 2.26. The van der Waals surface area contributed by atoms with Crippen LogP contribution in [0.2, 0.25) is 0 Å². The Morgan fingerprint density at radius 3 is 2.95 bits per heavy atom. The van der Waals surface area contributed by atoms with Crippen LogP contribution < -0.4 is 16.3 Å². The number of nitrogens with zero attached hydrogens (tertiary/aromatic N) is 2. The third-order valence-electron chi connectivity index (χ3n) is 2.96. The lowest BCUT2D eigenvalue weighted by molar-refractivity contribution is -0.385. The van der Waals surface area contributed by atoms with Crippen molar-refractivity contribution in [2.45, 2.75) is 25.4 Å². The van der Waals surface area contributed by atoms with Crippen molar-refractivity contribution in [2.75, 3.05) is 0 Å². The molecule has 1 aliphatic rings. The fourth-order valence-corrected chi connectivity index (χ4v) is 2.28. The summed E-state index contributed by atoms with van der Waals surface area (Å²) >= 11 is 3.10. The molecule has 2 atom stereocenters. The van der Waals surface area contributed by atoms with Gasteiger partial charge in [0.1, 0.15) is 6.04 Å². The average molecular weight is 356 g/mol. The molecule has 112 valence electrons. The minimum absolute atomic E-state index is 0.0549. The molecule has 0 radical (unpaired) electrons. The topological polar surface area (TPSA) is 109 Å². The number of benzene rings is 1. The molecule has 3 N–H and O–H groups in total. The maximum atomic E-state index is 11.8. The van der Waals surface area contributed by atoms with Crippen molar-refractivity contribution in [3.05, 3.63) is 38.3 Å². The van der Waals surface area contributed by atoms with Gasteiger partial charge in [0.05, 0.1) is 15.6 Å². The normalized spacial score (nSPS) is 21.6. The minimum Gasteiger partial charge on any atom is -0.271 e. The lowest BCUT2D eigenvalue weighted by atomic mass is 10.1. The lowest BCUT2D eigenvalue weighted by Gasteiger charge is -2.06. The summed E-state index contributed by atoms with van der Waals surface area (Å²) in [6, 6.07) is 4.47. The quantitative estimate of drug-likeness (QED) is 0.425. The lowest BCUT2D eigenvalue weighted by Crippen LogP contribution is -2.41. The first kappa shape index (κ1) is 15.5. The van der Waals surface area contributed by atoms with E-state index in [1.165, 1.54) is 12.3 Å².